The van der Waals surface area contributed by atoms with E-state index in [0.29, 0.717) is 33.6 Å². The predicted molar refractivity (Wildman–Crippen MR) is 115 cm³/mol. The Morgan fingerprint density at radius 2 is 2.03 bits per heavy atom. The van der Waals surface area contributed by atoms with Crippen LogP contribution in [0.25, 0.3) is 10.9 Å². The Morgan fingerprint density at radius 3 is 2.86 bits per heavy atom. The third-order valence-corrected chi connectivity index (χ3v) is 4.34. The molecule has 0 saturated carbocycles. The fourth-order valence-electron chi connectivity index (χ4n) is 3.02. The normalized spacial score (nSPS) is 12.2. The Balaban J connectivity index is 1.62. The first-order chi connectivity index (χ1) is 14.9. The van der Waals surface area contributed by atoms with Gasteiger partial charge in [0.15, 0.2) is 0 Å². The monoisotopic (exact) mass is 389 g/mol. The number of benzene rings is 2. The highest BCUT2D eigenvalue weighted by Gasteiger charge is 2.10. The molecule has 7 heteroatoms. The number of pyridine rings is 1. The van der Waals surface area contributed by atoms with Gasteiger partial charge in [0, 0.05) is 36.0 Å². The highest BCUT2D eigenvalue weighted by Crippen LogP contribution is 2.26. The minimum absolute atomic E-state index is 0.245. The van der Waals surface area contributed by atoms with Gasteiger partial charge in [-0.2, -0.15) is 0 Å². The second kappa shape index (κ2) is 7.93. The highest BCUT2D eigenvalue weighted by atomic mass is 16.5. The van der Waals surface area contributed by atoms with Crippen molar-refractivity contribution in [2.24, 2.45) is 0 Å². The van der Waals surface area contributed by atoms with Gasteiger partial charge in [0.25, 0.3) is 0 Å². The lowest BCUT2D eigenvalue weighted by Crippen LogP contribution is -2.19. The SMILES string of the molecule is [2H]C([2H])(c1ccnc(N)c1)n1ccc2c(NC(=O)Nc3cccc(OC)c3)cccc21. The van der Waals surface area contributed by atoms with Gasteiger partial charge >= 0.3 is 6.03 Å². The fourth-order valence-corrected chi connectivity index (χ4v) is 3.02. The molecule has 29 heavy (non-hydrogen) atoms. The van der Waals surface area contributed by atoms with E-state index in [0.717, 1.165) is 0 Å². The Labute approximate surface area is 170 Å². The van der Waals surface area contributed by atoms with E-state index in [4.69, 9.17) is 13.2 Å². The summed E-state index contributed by atoms with van der Waals surface area (Å²) in [5.74, 6) is 0.880. The number of amides is 2. The number of urea groups is 1. The van der Waals surface area contributed by atoms with Crippen molar-refractivity contribution in [3.8, 4) is 5.75 Å². The lowest BCUT2D eigenvalue weighted by atomic mass is 10.2. The van der Waals surface area contributed by atoms with Gasteiger partial charge in [-0.25, -0.2) is 9.78 Å². The number of aromatic nitrogens is 2. The van der Waals surface area contributed by atoms with Crippen LogP contribution in [0.1, 0.15) is 8.30 Å². The third kappa shape index (κ3) is 4.14. The topological polar surface area (TPSA) is 94.2 Å². The van der Waals surface area contributed by atoms with Gasteiger partial charge < -0.3 is 25.7 Å². The van der Waals surface area contributed by atoms with Gasteiger partial charge in [-0.05, 0) is 48.0 Å². The molecule has 2 aromatic heterocycles. The first-order valence-corrected chi connectivity index (χ1v) is 8.93. The smallest absolute Gasteiger partial charge is 0.323 e. The highest BCUT2D eigenvalue weighted by molar-refractivity contribution is 6.05. The minimum atomic E-state index is -1.86. The second-order valence-corrected chi connectivity index (χ2v) is 6.32. The molecule has 2 heterocycles. The quantitative estimate of drug-likeness (QED) is 0.474. The third-order valence-electron chi connectivity index (χ3n) is 4.34. The van der Waals surface area contributed by atoms with Crippen molar-refractivity contribution in [1.29, 1.82) is 0 Å². The first kappa shape index (κ1) is 16.0. The number of nitrogens with one attached hydrogen (secondary N) is 2. The molecule has 4 N–H and O–H groups in total. The molecule has 2 amide bonds. The van der Waals surface area contributed by atoms with Crippen LogP contribution < -0.4 is 21.1 Å². The van der Waals surface area contributed by atoms with Crippen molar-refractivity contribution in [2.45, 2.75) is 6.50 Å². The number of nitrogens with zero attached hydrogens (tertiary/aromatic N) is 2. The van der Waals surface area contributed by atoms with Crippen LogP contribution in [0.2, 0.25) is 0 Å². The lowest BCUT2D eigenvalue weighted by Gasteiger charge is -2.11. The summed E-state index contributed by atoms with van der Waals surface area (Å²) in [6, 6.07) is 16.8. The van der Waals surface area contributed by atoms with Crippen LogP contribution in [0.3, 0.4) is 0 Å². The predicted octanol–water partition coefficient (Wildman–Crippen LogP) is 4.32. The summed E-state index contributed by atoms with van der Waals surface area (Å²) in [4.78, 5) is 16.5. The average molecular weight is 389 g/mol. The van der Waals surface area contributed by atoms with Gasteiger partial charge in [0.1, 0.15) is 11.6 Å². The van der Waals surface area contributed by atoms with E-state index in [1.54, 1.807) is 67.9 Å². The summed E-state index contributed by atoms with van der Waals surface area (Å²) in [5.41, 5.74) is 7.89. The zero-order valence-corrected chi connectivity index (χ0v) is 15.7. The van der Waals surface area contributed by atoms with E-state index in [-0.39, 0.29) is 5.82 Å². The molecule has 0 aliphatic carbocycles. The summed E-state index contributed by atoms with van der Waals surface area (Å²) >= 11 is 0. The van der Waals surface area contributed by atoms with Crippen LogP contribution in [0.5, 0.6) is 5.75 Å². The van der Waals surface area contributed by atoms with Gasteiger partial charge in [-0.3, -0.25) is 0 Å². The number of hydrogen-bond donors (Lipinski definition) is 3. The number of hydrogen-bond acceptors (Lipinski definition) is 4. The van der Waals surface area contributed by atoms with Crippen LogP contribution in [0.15, 0.2) is 73.1 Å². The van der Waals surface area contributed by atoms with E-state index < -0.39 is 12.5 Å². The molecule has 0 spiro atoms. The number of nitrogen functional groups attached to an aromatic ring is 1. The molecule has 0 atom stereocenters. The number of anilines is 3. The van der Waals surface area contributed by atoms with Crippen LogP contribution in [-0.4, -0.2) is 22.7 Å². The molecule has 2 aromatic carbocycles. The number of methoxy groups -OCH3 is 1. The number of carbonyl (C=O) groups excluding carboxylic acids is 1. The first-order valence-electron chi connectivity index (χ1n) is 9.93. The maximum atomic E-state index is 12.5. The number of nitrogens with two attached hydrogens (primary N) is 1. The van der Waals surface area contributed by atoms with Crippen LogP contribution in [0, 0.1) is 0 Å². The van der Waals surface area contributed by atoms with Gasteiger partial charge in [0.05, 0.1) is 21.1 Å². The second-order valence-electron chi connectivity index (χ2n) is 6.32. The number of fused-ring (bicyclic) bond motifs is 1. The summed E-state index contributed by atoms with van der Waals surface area (Å²) in [5, 5.41) is 6.30. The van der Waals surface area contributed by atoms with E-state index >= 15 is 0 Å². The number of carbonyl (C=O) groups is 1. The molecule has 0 bridgehead atoms. The van der Waals surface area contributed by atoms with E-state index in [1.165, 1.54) is 16.8 Å². The van der Waals surface area contributed by atoms with E-state index in [2.05, 4.69) is 15.6 Å². The Bertz CT molecular complexity index is 1260. The maximum absolute atomic E-state index is 12.5. The lowest BCUT2D eigenvalue weighted by molar-refractivity contribution is 0.262. The van der Waals surface area contributed by atoms with E-state index in [9.17, 15) is 4.79 Å². The van der Waals surface area contributed by atoms with Crippen molar-refractivity contribution in [3.05, 3.63) is 78.6 Å². The van der Waals surface area contributed by atoms with Crippen molar-refractivity contribution < 1.29 is 12.3 Å². The molecule has 0 saturated heterocycles. The molecule has 4 aromatic rings. The summed E-state index contributed by atoms with van der Waals surface area (Å²) in [6.45, 7) is -1.86. The fraction of sp³-hybridized carbons (Fsp3) is 0.0909. The zero-order chi connectivity index (χ0) is 22.0. The van der Waals surface area contributed by atoms with Crippen molar-refractivity contribution in [1.82, 2.24) is 9.55 Å². The molecular formula is C22H21N5O2. The molecule has 0 unspecified atom stereocenters. The summed E-state index contributed by atoms with van der Waals surface area (Å²) in [6.07, 6.45) is 3.12. The molecule has 7 nitrogen and oxygen atoms in total. The molecule has 4 rings (SSSR count). The van der Waals surface area contributed by atoms with Gasteiger partial charge in [0.2, 0.25) is 0 Å². The zero-order valence-electron chi connectivity index (χ0n) is 17.7. The summed E-state index contributed by atoms with van der Waals surface area (Å²) in [7, 11) is 1.56. The maximum Gasteiger partial charge on any atom is 0.323 e. The molecule has 0 radical (unpaired) electrons. The van der Waals surface area contributed by atoms with Crippen LogP contribution in [0.4, 0.5) is 22.0 Å². The number of rotatable bonds is 5. The molecule has 0 aliphatic rings. The van der Waals surface area contributed by atoms with Crippen molar-refractivity contribution in [2.75, 3.05) is 23.5 Å². The largest absolute Gasteiger partial charge is 0.497 e. The van der Waals surface area contributed by atoms with Crippen LogP contribution in [-0.2, 0) is 6.50 Å². The van der Waals surface area contributed by atoms with E-state index in [1.807, 2.05) is 0 Å². The Hall–Kier alpha value is -4.00. The van der Waals surface area contributed by atoms with Crippen molar-refractivity contribution >= 4 is 34.1 Å². The molecule has 0 aliphatic heterocycles. The van der Waals surface area contributed by atoms with Gasteiger partial charge in [-0.15, -0.1) is 0 Å². The standard InChI is InChI=1S/C22H21N5O2/c1-29-17-5-2-4-16(13-17)25-22(28)26-19-6-3-7-20-18(19)9-11-27(20)14-15-8-10-24-21(23)12-15/h2-13H,14H2,1H3,(H2,23,24)(H2,25,26,28)/i14D2. The molecule has 0 fully saturated rings. The van der Waals surface area contributed by atoms with Crippen molar-refractivity contribution in [3.63, 3.8) is 0 Å². The Morgan fingerprint density at radius 1 is 1.17 bits per heavy atom. The summed E-state index contributed by atoms with van der Waals surface area (Å²) < 4.78 is 23.9. The van der Waals surface area contributed by atoms with Gasteiger partial charge in [-0.1, -0.05) is 12.1 Å². The minimum Gasteiger partial charge on any atom is -0.497 e. The molecule has 146 valence electrons. The number of ether oxygens (including phenoxy) is 1. The molecular weight excluding hydrogens is 366 g/mol. The van der Waals surface area contributed by atoms with Crippen LogP contribution >= 0.6 is 0 Å². The average Bonchev–Trinajstić information content (AvgIpc) is 3.20. The Kier molecular flexibility index (Phi) is 4.38.